The molecule has 1 aliphatic rings. The molecule has 1 atom stereocenters. The number of aromatic nitrogens is 4. The number of benzene rings is 2. The van der Waals surface area contributed by atoms with Crippen LogP contribution in [-0.2, 0) is 15.3 Å². The van der Waals surface area contributed by atoms with Crippen molar-refractivity contribution in [3.8, 4) is 0 Å². The number of ketones is 1. The smallest absolute Gasteiger partial charge is 0.301 e. The summed E-state index contributed by atoms with van der Waals surface area (Å²) in [6, 6.07) is 17.2. The van der Waals surface area contributed by atoms with E-state index in [0.717, 1.165) is 11.1 Å². The van der Waals surface area contributed by atoms with Crippen LogP contribution in [0.1, 0.15) is 34.1 Å². The van der Waals surface area contributed by atoms with Gasteiger partial charge in [0.25, 0.3) is 5.78 Å². The number of amides is 1. The Morgan fingerprint density at radius 2 is 1.83 bits per heavy atom. The number of aryl methyl sites for hydroxylation is 2. The summed E-state index contributed by atoms with van der Waals surface area (Å²) >= 11 is 14.9. The summed E-state index contributed by atoms with van der Waals surface area (Å²) in [5, 5.41) is 21.4. The number of aliphatic hydroxyl groups is 1. The standard InChI is InChI=1S/C29H21Cl2N5O3S2/c1-15-7-6-12-35-16(2)22(32-26(15)35)24(37)21-23(17-8-4-3-5-9-17)36(27(39)25(21)38)28-33-34-29(41-28)40-14-18-10-11-19(30)13-20(18)31/h3-13,23,37H,14H2,1-2H3. The topological polar surface area (TPSA) is 101 Å². The number of carbonyl (C=O) groups excluding carboxylic acids is 2. The number of thioether (sulfide) groups is 1. The molecule has 1 fully saturated rings. The minimum Gasteiger partial charge on any atom is -0.505 e. The molecule has 1 saturated heterocycles. The van der Waals surface area contributed by atoms with Crippen LogP contribution in [0.2, 0.25) is 10.0 Å². The largest absolute Gasteiger partial charge is 0.505 e. The van der Waals surface area contributed by atoms with Crippen LogP contribution in [0.4, 0.5) is 5.13 Å². The van der Waals surface area contributed by atoms with Gasteiger partial charge in [-0.2, -0.15) is 0 Å². The molecule has 12 heteroatoms. The van der Waals surface area contributed by atoms with Crippen molar-refractivity contribution in [2.45, 2.75) is 30.0 Å². The van der Waals surface area contributed by atoms with Crippen molar-refractivity contribution in [1.29, 1.82) is 0 Å². The second-order valence-electron chi connectivity index (χ2n) is 9.39. The van der Waals surface area contributed by atoms with Crippen LogP contribution in [-0.4, -0.2) is 36.4 Å². The first kappa shape index (κ1) is 27.5. The van der Waals surface area contributed by atoms with Crippen LogP contribution >= 0.6 is 46.3 Å². The van der Waals surface area contributed by atoms with Crippen molar-refractivity contribution in [2.75, 3.05) is 4.90 Å². The minimum atomic E-state index is -0.919. The van der Waals surface area contributed by atoms with Crippen LogP contribution in [0.3, 0.4) is 0 Å². The highest BCUT2D eigenvalue weighted by atomic mass is 35.5. The van der Waals surface area contributed by atoms with E-state index >= 15 is 0 Å². The third-order valence-corrected chi connectivity index (χ3v) is 9.53. The molecule has 2 aromatic carbocycles. The van der Waals surface area contributed by atoms with Gasteiger partial charge in [-0.3, -0.25) is 14.5 Å². The van der Waals surface area contributed by atoms with E-state index in [2.05, 4.69) is 15.2 Å². The van der Waals surface area contributed by atoms with Gasteiger partial charge in [0.1, 0.15) is 11.3 Å². The second kappa shape index (κ2) is 10.9. The molecular formula is C29H21Cl2N5O3S2. The zero-order valence-electron chi connectivity index (χ0n) is 21.7. The zero-order valence-corrected chi connectivity index (χ0v) is 24.9. The van der Waals surface area contributed by atoms with Crippen molar-refractivity contribution in [2.24, 2.45) is 0 Å². The molecule has 1 amide bonds. The number of fused-ring (bicyclic) bond motifs is 1. The van der Waals surface area contributed by atoms with Crippen LogP contribution in [0.5, 0.6) is 0 Å². The fraction of sp³-hybridized carbons (Fsp3) is 0.138. The van der Waals surface area contributed by atoms with E-state index in [-0.39, 0.29) is 22.2 Å². The highest BCUT2D eigenvalue weighted by Crippen LogP contribution is 2.44. The number of carbonyl (C=O) groups is 2. The van der Waals surface area contributed by atoms with Crippen LogP contribution in [0.15, 0.2) is 76.8 Å². The molecule has 0 spiro atoms. The molecule has 0 aliphatic carbocycles. The average Bonchev–Trinajstić information content (AvgIpc) is 3.64. The second-order valence-corrected chi connectivity index (χ2v) is 12.4. The number of halogens is 2. The highest BCUT2D eigenvalue weighted by molar-refractivity contribution is 8.00. The van der Waals surface area contributed by atoms with E-state index in [0.29, 0.717) is 37.0 Å². The summed E-state index contributed by atoms with van der Waals surface area (Å²) in [6.07, 6.45) is 1.84. The average molecular weight is 623 g/mol. The Bertz CT molecular complexity index is 1870. The maximum atomic E-state index is 13.5. The molecule has 0 radical (unpaired) electrons. The summed E-state index contributed by atoms with van der Waals surface area (Å²) in [7, 11) is 0. The maximum Gasteiger partial charge on any atom is 0.301 e. The van der Waals surface area contributed by atoms with E-state index in [9.17, 15) is 14.7 Å². The number of hydrogen-bond acceptors (Lipinski definition) is 8. The molecule has 3 aromatic heterocycles. The molecule has 1 N–H and O–H groups in total. The molecule has 6 rings (SSSR count). The molecule has 206 valence electrons. The van der Waals surface area contributed by atoms with Gasteiger partial charge in [-0.05, 0) is 48.7 Å². The number of Topliss-reactive ketones (excluding diaryl/α,β-unsaturated/α-hetero) is 1. The van der Waals surface area contributed by atoms with Gasteiger partial charge in [-0.15, -0.1) is 10.2 Å². The molecule has 0 saturated carbocycles. The van der Waals surface area contributed by atoms with Gasteiger partial charge in [0.05, 0.1) is 17.3 Å². The van der Waals surface area contributed by atoms with E-state index in [4.69, 9.17) is 23.2 Å². The molecule has 1 unspecified atom stereocenters. The first-order valence-electron chi connectivity index (χ1n) is 12.5. The third kappa shape index (κ3) is 4.91. The maximum absolute atomic E-state index is 13.5. The van der Waals surface area contributed by atoms with Crippen molar-refractivity contribution in [1.82, 2.24) is 19.6 Å². The minimum absolute atomic E-state index is 0.0530. The lowest BCUT2D eigenvalue weighted by Crippen LogP contribution is -2.29. The molecule has 41 heavy (non-hydrogen) atoms. The molecule has 5 aromatic rings. The Morgan fingerprint density at radius 3 is 2.56 bits per heavy atom. The molecule has 0 bridgehead atoms. The number of hydrogen-bond donors (Lipinski definition) is 1. The number of pyridine rings is 1. The van der Waals surface area contributed by atoms with Crippen molar-refractivity contribution < 1.29 is 14.7 Å². The SMILES string of the molecule is Cc1cccn2c(C)c(C(O)=C3C(=O)C(=O)N(c4nnc(SCc5ccc(Cl)cc5Cl)s4)C3c3ccccc3)nc12. The Labute approximate surface area is 253 Å². The van der Waals surface area contributed by atoms with Crippen molar-refractivity contribution in [3.05, 3.63) is 111 Å². The summed E-state index contributed by atoms with van der Waals surface area (Å²) < 4.78 is 2.44. The number of rotatable bonds is 6. The van der Waals surface area contributed by atoms with Crippen LogP contribution < -0.4 is 4.90 Å². The monoisotopic (exact) mass is 621 g/mol. The Kier molecular flexibility index (Phi) is 7.33. The first-order chi connectivity index (χ1) is 19.7. The quantitative estimate of drug-likeness (QED) is 0.0714. The van der Waals surface area contributed by atoms with Crippen molar-refractivity contribution in [3.63, 3.8) is 0 Å². The van der Waals surface area contributed by atoms with Crippen molar-refractivity contribution >= 4 is 74.5 Å². The van der Waals surface area contributed by atoms with Gasteiger partial charge in [-0.1, -0.05) is 88.8 Å². The van der Waals surface area contributed by atoms with Gasteiger partial charge in [-0.25, -0.2) is 4.98 Å². The number of anilines is 1. The van der Waals surface area contributed by atoms with E-state index in [1.807, 2.05) is 60.8 Å². The predicted octanol–water partition coefficient (Wildman–Crippen LogP) is 7.03. The summed E-state index contributed by atoms with van der Waals surface area (Å²) in [5.74, 6) is -1.44. The Hall–Kier alpha value is -3.70. The van der Waals surface area contributed by atoms with Gasteiger partial charge in [0, 0.05) is 22.0 Å². The number of nitrogens with zero attached hydrogens (tertiary/aromatic N) is 5. The Morgan fingerprint density at radius 1 is 1.05 bits per heavy atom. The predicted molar refractivity (Wildman–Crippen MR) is 162 cm³/mol. The lowest BCUT2D eigenvalue weighted by molar-refractivity contribution is -0.132. The lowest BCUT2D eigenvalue weighted by Gasteiger charge is -2.22. The van der Waals surface area contributed by atoms with E-state index in [1.54, 1.807) is 24.3 Å². The molecule has 4 heterocycles. The molecular weight excluding hydrogens is 601 g/mol. The van der Waals surface area contributed by atoms with Gasteiger partial charge in [0.15, 0.2) is 10.1 Å². The van der Waals surface area contributed by atoms with Crippen LogP contribution in [0, 0.1) is 13.8 Å². The number of imidazole rings is 1. The zero-order chi connectivity index (χ0) is 28.8. The highest BCUT2D eigenvalue weighted by Gasteiger charge is 2.48. The van der Waals surface area contributed by atoms with Crippen LogP contribution in [0.25, 0.3) is 11.4 Å². The molecule has 1 aliphatic heterocycles. The Balaban J connectivity index is 1.41. The normalized spacial score (nSPS) is 16.7. The van der Waals surface area contributed by atoms with Gasteiger partial charge < -0.3 is 9.51 Å². The first-order valence-corrected chi connectivity index (χ1v) is 15.0. The summed E-state index contributed by atoms with van der Waals surface area (Å²) in [4.78, 5) is 33.0. The van der Waals surface area contributed by atoms with E-state index in [1.165, 1.54) is 28.0 Å². The van der Waals surface area contributed by atoms with Gasteiger partial charge in [0.2, 0.25) is 5.13 Å². The third-order valence-electron chi connectivity index (χ3n) is 6.84. The number of aliphatic hydroxyl groups excluding tert-OH is 1. The molecule has 8 nitrogen and oxygen atoms in total. The lowest BCUT2D eigenvalue weighted by atomic mass is 9.96. The fourth-order valence-electron chi connectivity index (χ4n) is 4.79. The van der Waals surface area contributed by atoms with Gasteiger partial charge >= 0.3 is 5.91 Å². The summed E-state index contributed by atoms with van der Waals surface area (Å²) in [5.41, 5.74) is 3.92. The fourth-order valence-corrected chi connectivity index (χ4v) is 7.22. The summed E-state index contributed by atoms with van der Waals surface area (Å²) in [6.45, 7) is 3.73. The van der Waals surface area contributed by atoms with E-state index < -0.39 is 17.7 Å².